The molecule has 8 heteroatoms. The molecule has 1 atom stereocenters. The van der Waals surface area contributed by atoms with Crippen LogP contribution in [0.4, 0.5) is 10.5 Å². The minimum absolute atomic E-state index is 0.0423. The molecule has 0 aliphatic carbocycles. The van der Waals surface area contributed by atoms with E-state index in [0.29, 0.717) is 37.4 Å². The van der Waals surface area contributed by atoms with Crippen LogP contribution < -0.4 is 5.32 Å². The van der Waals surface area contributed by atoms with Gasteiger partial charge in [0.2, 0.25) is 5.91 Å². The van der Waals surface area contributed by atoms with Crippen LogP contribution in [0.25, 0.3) is 0 Å². The highest BCUT2D eigenvalue weighted by Crippen LogP contribution is 2.20. The molecule has 2 aliphatic rings. The summed E-state index contributed by atoms with van der Waals surface area (Å²) in [4.78, 5) is 42.6. The summed E-state index contributed by atoms with van der Waals surface area (Å²) < 4.78 is 5.03. The minimum atomic E-state index is -0.475. The lowest BCUT2D eigenvalue weighted by Crippen LogP contribution is -2.65. The van der Waals surface area contributed by atoms with Crippen LogP contribution >= 0.6 is 0 Å². The van der Waals surface area contributed by atoms with Gasteiger partial charge in [-0.05, 0) is 19.1 Å². The van der Waals surface area contributed by atoms with Crippen LogP contribution in [0.3, 0.4) is 0 Å². The second-order valence-corrected chi connectivity index (χ2v) is 6.45. The number of esters is 1. The maximum Gasteiger partial charge on any atom is 0.340 e. The topological polar surface area (TPSA) is 82.2 Å². The van der Waals surface area contributed by atoms with E-state index >= 15 is 0 Å². The fraction of sp³-hybridized carbons (Fsp3) is 0.500. The molecule has 0 saturated carbocycles. The summed E-state index contributed by atoms with van der Waals surface area (Å²) in [5, 5.41) is 2.78. The van der Waals surface area contributed by atoms with E-state index < -0.39 is 5.97 Å². The Kier molecular flexibility index (Phi) is 5.41. The van der Waals surface area contributed by atoms with Gasteiger partial charge in [0.15, 0.2) is 0 Å². The number of amides is 3. The van der Waals surface area contributed by atoms with Crippen LogP contribution in [0, 0.1) is 0 Å². The molecule has 0 bridgehead atoms. The highest BCUT2D eigenvalue weighted by atomic mass is 16.5. The van der Waals surface area contributed by atoms with E-state index in [2.05, 4.69) is 10.2 Å². The van der Waals surface area contributed by atoms with Gasteiger partial charge in [-0.1, -0.05) is 12.1 Å². The fourth-order valence-electron chi connectivity index (χ4n) is 3.32. The molecule has 1 aromatic carbocycles. The summed E-state index contributed by atoms with van der Waals surface area (Å²) >= 11 is 0. The van der Waals surface area contributed by atoms with Crippen molar-refractivity contribution in [2.24, 2.45) is 0 Å². The Hall–Kier alpha value is -2.61. The molecule has 140 valence electrons. The number of carbonyl (C=O) groups excluding carboxylic acids is 3. The van der Waals surface area contributed by atoms with Crippen LogP contribution in [-0.2, 0) is 9.53 Å². The second-order valence-electron chi connectivity index (χ2n) is 6.45. The van der Waals surface area contributed by atoms with Gasteiger partial charge in [-0.2, -0.15) is 0 Å². The Morgan fingerprint density at radius 3 is 2.69 bits per heavy atom. The standard InChI is InChI=1S/C18H24N4O4/c1-3-26-17(24)13-6-4-5-7-14(13)19-18(25)22-11-10-21-9-8-20(2)16(23)15(21)12-22/h4-7,15H,3,8-12H2,1-2H3,(H,19,25)/t15-/m1/s1. The van der Waals surface area contributed by atoms with Crippen LogP contribution in [0.5, 0.6) is 0 Å². The van der Waals surface area contributed by atoms with Crippen molar-refractivity contribution in [3.63, 3.8) is 0 Å². The average Bonchev–Trinajstić information content (AvgIpc) is 2.65. The normalized spacial score (nSPS) is 20.5. The number of rotatable bonds is 3. The van der Waals surface area contributed by atoms with E-state index in [-0.39, 0.29) is 24.6 Å². The number of nitrogens with zero attached hydrogens (tertiary/aromatic N) is 3. The summed E-state index contributed by atoms with van der Waals surface area (Å²) in [6.07, 6.45) is 0. The number of piperazine rings is 2. The van der Waals surface area contributed by atoms with Gasteiger partial charge in [0.25, 0.3) is 0 Å². The van der Waals surface area contributed by atoms with Gasteiger partial charge < -0.3 is 19.9 Å². The number of hydrogen-bond acceptors (Lipinski definition) is 5. The van der Waals surface area contributed by atoms with Crippen molar-refractivity contribution < 1.29 is 19.1 Å². The Balaban J connectivity index is 1.69. The first-order valence-corrected chi connectivity index (χ1v) is 8.82. The van der Waals surface area contributed by atoms with E-state index in [1.165, 1.54) is 0 Å². The maximum atomic E-state index is 12.7. The highest BCUT2D eigenvalue weighted by molar-refractivity contribution is 6.01. The maximum absolute atomic E-state index is 12.7. The van der Waals surface area contributed by atoms with Crippen molar-refractivity contribution in [2.45, 2.75) is 13.0 Å². The number of urea groups is 1. The van der Waals surface area contributed by atoms with Crippen molar-refractivity contribution in [1.29, 1.82) is 0 Å². The van der Waals surface area contributed by atoms with E-state index in [9.17, 15) is 14.4 Å². The molecule has 0 radical (unpaired) electrons. The van der Waals surface area contributed by atoms with Crippen LogP contribution in [-0.4, -0.2) is 85.0 Å². The Bertz CT molecular complexity index is 708. The van der Waals surface area contributed by atoms with Gasteiger partial charge >= 0.3 is 12.0 Å². The van der Waals surface area contributed by atoms with Crippen LogP contribution in [0.1, 0.15) is 17.3 Å². The summed E-state index contributed by atoms with van der Waals surface area (Å²) in [6, 6.07) is 6.13. The smallest absolute Gasteiger partial charge is 0.340 e. The number of benzene rings is 1. The van der Waals surface area contributed by atoms with E-state index in [4.69, 9.17) is 4.74 Å². The molecule has 26 heavy (non-hydrogen) atoms. The van der Waals surface area contributed by atoms with Gasteiger partial charge in [0.1, 0.15) is 6.04 Å². The Morgan fingerprint density at radius 1 is 1.19 bits per heavy atom. The first-order chi connectivity index (χ1) is 12.5. The zero-order chi connectivity index (χ0) is 18.7. The average molecular weight is 360 g/mol. The number of anilines is 1. The predicted molar refractivity (Wildman–Crippen MR) is 96.0 cm³/mol. The molecule has 2 fully saturated rings. The number of nitrogens with one attached hydrogen (secondary N) is 1. The van der Waals surface area contributed by atoms with Gasteiger partial charge in [0, 0.05) is 39.8 Å². The minimum Gasteiger partial charge on any atom is -0.462 e. The summed E-state index contributed by atoms with van der Waals surface area (Å²) in [5.41, 5.74) is 0.722. The summed E-state index contributed by atoms with van der Waals surface area (Å²) in [5.74, 6) is -0.432. The third kappa shape index (κ3) is 3.65. The molecule has 1 N–H and O–H groups in total. The molecule has 0 spiro atoms. The first-order valence-electron chi connectivity index (χ1n) is 8.82. The van der Waals surface area contributed by atoms with Gasteiger partial charge in [-0.15, -0.1) is 0 Å². The van der Waals surface area contributed by atoms with Gasteiger partial charge in [0.05, 0.1) is 17.9 Å². The van der Waals surface area contributed by atoms with Crippen LogP contribution in [0.2, 0.25) is 0 Å². The lowest BCUT2D eigenvalue weighted by Gasteiger charge is -2.45. The molecule has 1 aromatic rings. The summed E-state index contributed by atoms with van der Waals surface area (Å²) in [7, 11) is 1.79. The first kappa shape index (κ1) is 18.2. The van der Waals surface area contributed by atoms with Gasteiger partial charge in [-0.25, -0.2) is 9.59 Å². The highest BCUT2D eigenvalue weighted by Gasteiger charge is 2.38. The molecule has 2 aliphatic heterocycles. The molecule has 3 amide bonds. The van der Waals surface area contributed by atoms with Gasteiger partial charge in [-0.3, -0.25) is 9.69 Å². The quantitative estimate of drug-likeness (QED) is 0.809. The molecule has 8 nitrogen and oxygen atoms in total. The van der Waals surface area contributed by atoms with E-state index in [1.807, 2.05) is 0 Å². The molecule has 0 aromatic heterocycles. The van der Waals surface area contributed by atoms with Crippen LogP contribution in [0.15, 0.2) is 24.3 Å². The molecular formula is C18H24N4O4. The van der Waals surface area contributed by atoms with Crippen molar-refractivity contribution in [1.82, 2.24) is 14.7 Å². The fourth-order valence-corrected chi connectivity index (χ4v) is 3.32. The van der Waals surface area contributed by atoms with Crippen molar-refractivity contribution >= 4 is 23.6 Å². The van der Waals surface area contributed by atoms with Crippen molar-refractivity contribution in [2.75, 3.05) is 51.7 Å². The number of likely N-dealkylation sites (N-methyl/N-ethyl adjacent to an activating group) is 1. The third-order valence-electron chi connectivity index (χ3n) is 4.83. The molecule has 2 saturated heterocycles. The van der Waals surface area contributed by atoms with E-state index in [0.717, 1.165) is 6.54 Å². The Morgan fingerprint density at radius 2 is 1.92 bits per heavy atom. The zero-order valence-electron chi connectivity index (χ0n) is 15.1. The number of ether oxygens (including phenoxy) is 1. The third-order valence-corrected chi connectivity index (χ3v) is 4.83. The molecule has 3 rings (SSSR count). The number of para-hydroxylation sites is 1. The van der Waals surface area contributed by atoms with Crippen molar-refractivity contribution in [3.8, 4) is 0 Å². The number of fused-ring (bicyclic) bond motifs is 1. The monoisotopic (exact) mass is 360 g/mol. The zero-order valence-corrected chi connectivity index (χ0v) is 15.1. The largest absolute Gasteiger partial charge is 0.462 e. The molecular weight excluding hydrogens is 336 g/mol. The second kappa shape index (κ2) is 7.74. The number of carbonyl (C=O) groups is 3. The lowest BCUT2D eigenvalue weighted by molar-refractivity contribution is -0.142. The van der Waals surface area contributed by atoms with E-state index in [1.54, 1.807) is 48.0 Å². The Labute approximate surface area is 152 Å². The lowest BCUT2D eigenvalue weighted by atomic mass is 10.1. The number of hydrogen-bond donors (Lipinski definition) is 1. The van der Waals surface area contributed by atoms with Crippen molar-refractivity contribution in [3.05, 3.63) is 29.8 Å². The molecule has 2 heterocycles. The predicted octanol–water partition coefficient (Wildman–Crippen LogP) is 0.853. The SMILES string of the molecule is CCOC(=O)c1ccccc1NC(=O)N1CCN2CCN(C)C(=O)[C@H]2C1. The molecule has 0 unspecified atom stereocenters. The summed E-state index contributed by atoms with van der Waals surface area (Å²) in [6.45, 7) is 5.09.